The zero-order valence-electron chi connectivity index (χ0n) is 13.6. The minimum atomic E-state index is -0.139. The first-order valence-corrected chi connectivity index (χ1v) is 7.84. The van der Waals surface area contributed by atoms with Gasteiger partial charge in [0.25, 0.3) is 0 Å². The fourth-order valence-corrected chi connectivity index (χ4v) is 2.95. The Morgan fingerprint density at radius 1 is 1.40 bits per heavy atom. The summed E-state index contributed by atoms with van der Waals surface area (Å²) < 4.78 is 8.31. The molecule has 114 valence electrons. The van der Waals surface area contributed by atoms with Crippen molar-refractivity contribution in [2.45, 2.75) is 66.2 Å². The molecule has 4 heteroatoms. The lowest BCUT2D eigenvalue weighted by molar-refractivity contribution is -0.0234. The van der Waals surface area contributed by atoms with E-state index in [0.717, 1.165) is 39.1 Å². The van der Waals surface area contributed by atoms with Crippen LogP contribution in [0.15, 0.2) is 0 Å². The Bertz CT molecular complexity index is 449. The highest BCUT2D eigenvalue weighted by atomic mass is 16.5. The Labute approximate surface area is 122 Å². The normalized spacial score (nSPS) is 15.7. The van der Waals surface area contributed by atoms with Gasteiger partial charge in [-0.3, -0.25) is 0 Å². The highest BCUT2D eigenvalue weighted by Gasteiger charge is 2.26. The molecule has 20 heavy (non-hydrogen) atoms. The van der Waals surface area contributed by atoms with Gasteiger partial charge in [0.1, 0.15) is 5.82 Å². The third kappa shape index (κ3) is 3.61. The van der Waals surface area contributed by atoms with Crippen LogP contribution in [0.2, 0.25) is 0 Å². The summed E-state index contributed by atoms with van der Waals surface area (Å²) in [5.74, 6) is 1.85. The second kappa shape index (κ2) is 6.27. The molecule has 0 aromatic carbocycles. The largest absolute Gasteiger partial charge is 0.374 e. The van der Waals surface area contributed by atoms with Gasteiger partial charge in [0.2, 0.25) is 0 Å². The van der Waals surface area contributed by atoms with Crippen LogP contribution in [0.1, 0.15) is 51.8 Å². The molecular weight excluding hydrogens is 250 g/mol. The summed E-state index contributed by atoms with van der Waals surface area (Å²) in [6, 6.07) is 0. The van der Waals surface area contributed by atoms with Crippen molar-refractivity contribution in [3.8, 4) is 0 Å². The number of hydrogen-bond acceptors (Lipinski definition) is 3. The Morgan fingerprint density at radius 3 is 2.80 bits per heavy atom. The number of aromatic nitrogens is 2. The highest BCUT2D eigenvalue weighted by molar-refractivity contribution is 5.21. The molecule has 0 saturated heterocycles. The fraction of sp³-hybridized carbons (Fsp3) is 0.812. The molecule has 1 aliphatic heterocycles. The molecule has 0 atom stereocenters. The lowest BCUT2D eigenvalue weighted by Gasteiger charge is -2.28. The molecule has 0 radical (unpaired) electrons. The number of ether oxygens (including phenoxy) is 1. The van der Waals surface area contributed by atoms with Crippen molar-refractivity contribution in [1.82, 2.24) is 14.9 Å². The maximum Gasteiger partial charge on any atom is 0.109 e. The molecule has 0 amide bonds. The second-order valence-electron chi connectivity index (χ2n) is 6.73. The number of hydrogen-bond donors (Lipinski definition) is 1. The van der Waals surface area contributed by atoms with E-state index in [0.29, 0.717) is 5.92 Å². The summed E-state index contributed by atoms with van der Waals surface area (Å²) in [7, 11) is 0. The van der Waals surface area contributed by atoms with Gasteiger partial charge in [0, 0.05) is 38.2 Å². The second-order valence-corrected chi connectivity index (χ2v) is 6.73. The number of imidazole rings is 1. The minimum absolute atomic E-state index is 0.139. The topological polar surface area (TPSA) is 39.1 Å². The van der Waals surface area contributed by atoms with Gasteiger partial charge in [-0.05, 0) is 26.7 Å². The van der Waals surface area contributed by atoms with Gasteiger partial charge in [-0.25, -0.2) is 4.98 Å². The summed E-state index contributed by atoms with van der Waals surface area (Å²) in [5.41, 5.74) is 2.51. The van der Waals surface area contributed by atoms with E-state index in [2.05, 4.69) is 44.5 Å². The van der Waals surface area contributed by atoms with Crippen molar-refractivity contribution in [3.63, 3.8) is 0 Å². The molecule has 0 bridgehead atoms. The minimum Gasteiger partial charge on any atom is -0.374 e. The molecule has 1 aliphatic rings. The first kappa shape index (κ1) is 15.5. The van der Waals surface area contributed by atoms with E-state index < -0.39 is 0 Å². The molecule has 0 fully saturated rings. The Kier molecular flexibility index (Phi) is 4.86. The van der Waals surface area contributed by atoms with Crippen molar-refractivity contribution in [2.24, 2.45) is 5.92 Å². The van der Waals surface area contributed by atoms with Crippen LogP contribution in [0.5, 0.6) is 0 Å². The van der Waals surface area contributed by atoms with Crippen LogP contribution in [0.25, 0.3) is 0 Å². The molecule has 1 N–H and O–H groups in total. The van der Waals surface area contributed by atoms with E-state index in [9.17, 15) is 0 Å². The van der Waals surface area contributed by atoms with Crippen LogP contribution < -0.4 is 5.32 Å². The van der Waals surface area contributed by atoms with Crippen LogP contribution in [-0.2, 0) is 30.7 Å². The molecular formula is C16H29N3O. The summed E-state index contributed by atoms with van der Waals surface area (Å²) in [5, 5.41) is 3.42. The molecule has 2 heterocycles. The maximum absolute atomic E-state index is 5.89. The Morgan fingerprint density at radius 2 is 2.15 bits per heavy atom. The van der Waals surface area contributed by atoms with Crippen LogP contribution in [-0.4, -0.2) is 28.3 Å². The number of rotatable bonds is 6. The quantitative estimate of drug-likeness (QED) is 0.870. The van der Waals surface area contributed by atoms with Crippen LogP contribution in [0.4, 0.5) is 0 Å². The van der Waals surface area contributed by atoms with Crippen molar-refractivity contribution in [2.75, 3.05) is 13.2 Å². The smallest absolute Gasteiger partial charge is 0.109 e. The van der Waals surface area contributed by atoms with E-state index in [1.807, 2.05) is 0 Å². The summed E-state index contributed by atoms with van der Waals surface area (Å²) in [6.45, 7) is 14.5. The van der Waals surface area contributed by atoms with Crippen molar-refractivity contribution in [1.29, 1.82) is 0 Å². The summed E-state index contributed by atoms with van der Waals surface area (Å²) in [6.07, 6.45) is 2.11. The van der Waals surface area contributed by atoms with Crippen molar-refractivity contribution >= 4 is 0 Å². The van der Waals surface area contributed by atoms with E-state index in [1.165, 1.54) is 17.2 Å². The zero-order chi connectivity index (χ0) is 14.8. The van der Waals surface area contributed by atoms with Crippen LogP contribution >= 0.6 is 0 Å². The average Bonchev–Trinajstić information content (AvgIpc) is 2.66. The van der Waals surface area contributed by atoms with Gasteiger partial charge in [-0.15, -0.1) is 0 Å². The molecule has 2 rings (SSSR count). The van der Waals surface area contributed by atoms with E-state index in [-0.39, 0.29) is 5.60 Å². The molecule has 1 aromatic rings. The van der Waals surface area contributed by atoms with Gasteiger partial charge < -0.3 is 14.6 Å². The molecule has 0 aliphatic carbocycles. The van der Waals surface area contributed by atoms with E-state index >= 15 is 0 Å². The lowest BCUT2D eigenvalue weighted by atomic mass is 10.1. The fourth-order valence-electron chi connectivity index (χ4n) is 2.95. The van der Waals surface area contributed by atoms with E-state index in [4.69, 9.17) is 9.72 Å². The lowest BCUT2D eigenvalue weighted by Crippen LogP contribution is -2.33. The van der Waals surface area contributed by atoms with Gasteiger partial charge in [0.15, 0.2) is 0 Å². The van der Waals surface area contributed by atoms with Crippen molar-refractivity contribution < 1.29 is 4.74 Å². The Hall–Kier alpha value is -0.870. The third-order valence-corrected chi connectivity index (χ3v) is 3.73. The van der Waals surface area contributed by atoms with Gasteiger partial charge in [0.05, 0.1) is 17.8 Å². The standard InChI is InChI=1S/C16H29N3O/c1-6-20-16(4,5)11-19-14-7-8-17-10-13(14)18-15(19)9-12(2)3/h12,17H,6-11H2,1-5H3. The molecule has 0 saturated carbocycles. The number of fused-ring (bicyclic) bond motifs is 1. The van der Waals surface area contributed by atoms with Gasteiger partial charge in [-0.2, -0.15) is 0 Å². The average molecular weight is 279 g/mol. The van der Waals surface area contributed by atoms with Crippen LogP contribution in [0.3, 0.4) is 0 Å². The number of nitrogens with one attached hydrogen (secondary N) is 1. The summed E-state index contributed by atoms with van der Waals surface area (Å²) in [4.78, 5) is 4.88. The predicted molar refractivity (Wildman–Crippen MR) is 81.9 cm³/mol. The maximum atomic E-state index is 5.89. The van der Waals surface area contributed by atoms with E-state index in [1.54, 1.807) is 0 Å². The van der Waals surface area contributed by atoms with Gasteiger partial charge >= 0.3 is 0 Å². The molecule has 0 spiro atoms. The van der Waals surface area contributed by atoms with Crippen molar-refractivity contribution in [3.05, 3.63) is 17.2 Å². The highest BCUT2D eigenvalue weighted by Crippen LogP contribution is 2.22. The SMILES string of the molecule is CCOC(C)(C)Cn1c(CC(C)C)nc2c1CCNC2. The predicted octanol–water partition coefficient (Wildman–Crippen LogP) is 2.54. The Balaban J connectivity index is 2.30. The number of nitrogens with zero attached hydrogens (tertiary/aromatic N) is 2. The first-order chi connectivity index (χ1) is 9.43. The summed E-state index contributed by atoms with van der Waals surface area (Å²) >= 11 is 0. The molecule has 4 nitrogen and oxygen atoms in total. The monoisotopic (exact) mass is 279 g/mol. The van der Waals surface area contributed by atoms with Gasteiger partial charge in [-0.1, -0.05) is 13.8 Å². The van der Waals surface area contributed by atoms with Crippen LogP contribution in [0, 0.1) is 5.92 Å². The molecule has 0 unspecified atom stereocenters. The first-order valence-electron chi connectivity index (χ1n) is 7.84. The zero-order valence-corrected chi connectivity index (χ0v) is 13.6. The molecule has 1 aromatic heterocycles. The third-order valence-electron chi connectivity index (χ3n) is 3.73.